The molecule has 0 saturated carbocycles. The van der Waals surface area contributed by atoms with Crippen LogP contribution in [0.25, 0.3) is 0 Å². The molecule has 0 saturated heterocycles. The number of ether oxygens (including phenoxy) is 1. The summed E-state index contributed by atoms with van der Waals surface area (Å²) in [6.45, 7) is 3.85. The lowest BCUT2D eigenvalue weighted by molar-refractivity contribution is 0.244. The maximum absolute atomic E-state index is 13.7. The maximum atomic E-state index is 13.7. The number of nitrogen functional groups attached to an aromatic ring is 1. The van der Waals surface area contributed by atoms with Crippen molar-refractivity contribution in [1.82, 2.24) is 0 Å². The van der Waals surface area contributed by atoms with Gasteiger partial charge in [0, 0.05) is 4.47 Å². The van der Waals surface area contributed by atoms with Gasteiger partial charge in [-0.05, 0) is 44.2 Å². The monoisotopic (exact) mass is 338 g/mol. The van der Waals surface area contributed by atoms with Crippen LogP contribution >= 0.6 is 15.9 Å². The van der Waals surface area contributed by atoms with Crippen molar-refractivity contribution in [2.75, 3.05) is 11.1 Å². The summed E-state index contributed by atoms with van der Waals surface area (Å²) in [6, 6.07) is 10.1. The summed E-state index contributed by atoms with van der Waals surface area (Å²) in [6.07, 6.45) is 0.0233. The van der Waals surface area contributed by atoms with E-state index in [1.54, 1.807) is 24.3 Å². The lowest BCUT2D eigenvalue weighted by Crippen LogP contribution is -2.08. The average molecular weight is 339 g/mol. The number of hydrogen-bond donors (Lipinski definition) is 2. The van der Waals surface area contributed by atoms with Crippen molar-refractivity contribution in [2.24, 2.45) is 0 Å². The smallest absolute Gasteiger partial charge is 0.146 e. The predicted octanol–water partition coefficient (Wildman–Crippen LogP) is 4.70. The van der Waals surface area contributed by atoms with Gasteiger partial charge >= 0.3 is 0 Å². The molecule has 0 heterocycles. The molecule has 0 aliphatic rings. The quantitative estimate of drug-likeness (QED) is 0.794. The number of nitrogens with two attached hydrogens (primary N) is 1. The van der Waals surface area contributed by atoms with Gasteiger partial charge in [0.15, 0.2) is 0 Å². The van der Waals surface area contributed by atoms with Gasteiger partial charge in [0.25, 0.3) is 0 Å². The zero-order valence-corrected chi connectivity index (χ0v) is 12.9. The highest BCUT2D eigenvalue weighted by molar-refractivity contribution is 9.10. The molecule has 2 aromatic carbocycles. The number of para-hydroxylation sites is 1. The Hall–Kier alpha value is -1.75. The van der Waals surface area contributed by atoms with Crippen molar-refractivity contribution in [3.05, 3.63) is 46.7 Å². The third kappa shape index (κ3) is 3.42. The number of anilines is 3. The Bertz CT molecular complexity index is 617. The summed E-state index contributed by atoms with van der Waals surface area (Å²) < 4.78 is 20.1. The van der Waals surface area contributed by atoms with Crippen molar-refractivity contribution in [1.29, 1.82) is 0 Å². The van der Waals surface area contributed by atoms with Crippen molar-refractivity contribution in [3.8, 4) is 5.75 Å². The molecule has 0 atom stereocenters. The molecule has 3 N–H and O–H groups in total. The molecule has 0 spiro atoms. The van der Waals surface area contributed by atoms with Crippen molar-refractivity contribution >= 4 is 33.0 Å². The van der Waals surface area contributed by atoms with E-state index in [1.807, 2.05) is 19.9 Å². The Morgan fingerprint density at radius 1 is 1.20 bits per heavy atom. The minimum absolute atomic E-state index is 0.0233. The summed E-state index contributed by atoms with van der Waals surface area (Å²) in [4.78, 5) is 0. The molecule has 20 heavy (non-hydrogen) atoms. The molecule has 0 amide bonds. The second-order valence-electron chi connectivity index (χ2n) is 4.63. The molecule has 2 rings (SSSR count). The van der Waals surface area contributed by atoms with Crippen LogP contribution in [0.3, 0.4) is 0 Å². The Labute approximate surface area is 126 Å². The number of hydrogen-bond acceptors (Lipinski definition) is 3. The minimum atomic E-state index is -0.345. The molecular formula is C15H16BrFN2O. The van der Waals surface area contributed by atoms with Gasteiger partial charge < -0.3 is 15.8 Å². The zero-order valence-electron chi connectivity index (χ0n) is 11.3. The molecule has 106 valence electrons. The van der Waals surface area contributed by atoms with Gasteiger partial charge in [-0.3, -0.25) is 0 Å². The fourth-order valence-electron chi connectivity index (χ4n) is 1.75. The standard InChI is InChI=1S/C15H16BrFN2O/c1-9(2)20-14-5-3-4-12(15(14)18)19-13-8-10(16)6-7-11(13)17/h3-9,19H,18H2,1-2H3. The molecule has 3 nitrogen and oxygen atoms in total. The van der Waals surface area contributed by atoms with Gasteiger partial charge in [0.1, 0.15) is 11.6 Å². The highest BCUT2D eigenvalue weighted by Crippen LogP contribution is 2.33. The highest BCUT2D eigenvalue weighted by atomic mass is 79.9. The van der Waals surface area contributed by atoms with E-state index in [0.717, 1.165) is 4.47 Å². The van der Waals surface area contributed by atoms with Crippen LogP contribution in [-0.2, 0) is 0 Å². The number of nitrogens with one attached hydrogen (secondary N) is 1. The first kappa shape index (κ1) is 14.7. The maximum Gasteiger partial charge on any atom is 0.146 e. The molecule has 0 unspecified atom stereocenters. The first-order valence-electron chi connectivity index (χ1n) is 6.24. The van der Waals surface area contributed by atoms with E-state index in [9.17, 15) is 4.39 Å². The van der Waals surface area contributed by atoms with Crippen LogP contribution in [0.4, 0.5) is 21.5 Å². The topological polar surface area (TPSA) is 47.3 Å². The van der Waals surface area contributed by atoms with Gasteiger partial charge in [-0.25, -0.2) is 4.39 Å². The lowest BCUT2D eigenvalue weighted by Gasteiger charge is -2.16. The largest absolute Gasteiger partial charge is 0.489 e. The van der Waals surface area contributed by atoms with Gasteiger partial charge in [-0.1, -0.05) is 22.0 Å². The van der Waals surface area contributed by atoms with Crippen LogP contribution < -0.4 is 15.8 Å². The van der Waals surface area contributed by atoms with Crippen LogP contribution in [-0.4, -0.2) is 6.10 Å². The van der Waals surface area contributed by atoms with E-state index in [1.165, 1.54) is 6.07 Å². The minimum Gasteiger partial charge on any atom is -0.489 e. The molecule has 0 aliphatic heterocycles. The molecule has 0 aromatic heterocycles. The van der Waals surface area contributed by atoms with E-state index in [2.05, 4.69) is 21.2 Å². The van der Waals surface area contributed by atoms with Gasteiger partial charge in [0.05, 0.1) is 23.2 Å². The number of halogens is 2. The summed E-state index contributed by atoms with van der Waals surface area (Å²) >= 11 is 3.31. The van der Waals surface area contributed by atoms with Gasteiger partial charge in [0.2, 0.25) is 0 Å². The van der Waals surface area contributed by atoms with E-state index in [-0.39, 0.29) is 11.9 Å². The highest BCUT2D eigenvalue weighted by Gasteiger charge is 2.10. The van der Waals surface area contributed by atoms with E-state index in [4.69, 9.17) is 10.5 Å². The van der Waals surface area contributed by atoms with Crippen LogP contribution in [0.1, 0.15) is 13.8 Å². The summed E-state index contributed by atoms with van der Waals surface area (Å²) in [5.74, 6) is 0.239. The first-order chi connectivity index (χ1) is 9.47. The van der Waals surface area contributed by atoms with E-state index in [0.29, 0.717) is 22.8 Å². The Kier molecular flexibility index (Phi) is 4.49. The SMILES string of the molecule is CC(C)Oc1cccc(Nc2cc(Br)ccc2F)c1N. The lowest BCUT2D eigenvalue weighted by atomic mass is 10.2. The van der Waals surface area contributed by atoms with Crippen molar-refractivity contribution in [3.63, 3.8) is 0 Å². The third-order valence-electron chi connectivity index (χ3n) is 2.63. The Morgan fingerprint density at radius 2 is 1.95 bits per heavy atom. The third-order valence-corrected chi connectivity index (χ3v) is 3.12. The Morgan fingerprint density at radius 3 is 2.65 bits per heavy atom. The normalized spacial score (nSPS) is 10.7. The molecule has 0 aliphatic carbocycles. The summed E-state index contributed by atoms with van der Waals surface area (Å²) in [5.41, 5.74) is 7.47. The summed E-state index contributed by atoms with van der Waals surface area (Å²) in [7, 11) is 0. The van der Waals surface area contributed by atoms with Crippen molar-refractivity contribution < 1.29 is 9.13 Å². The Balaban J connectivity index is 2.32. The van der Waals surface area contributed by atoms with Crippen LogP contribution in [0.15, 0.2) is 40.9 Å². The van der Waals surface area contributed by atoms with Crippen LogP contribution in [0, 0.1) is 5.82 Å². The molecule has 5 heteroatoms. The predicted molar refractivity (Wildman–Crippen MR) is 84.0 cm³/mol. The molecule has 0 fully saturated rings. The van der Waals surface area contributed by atoms with Gasteiger partial charge in [-0.2, -0.15) is 0 Å². The molecule has 2 aromatic rings. The molecule has 0 radical (unpaired) electrons. The van der Waals surface area contributed by atoms with Crippen molar-refractivity contribution in [2.45, 2.75) is 20.0 Å². The molecule has 0 bridgehead atoms. The van der Waals surface area contributed by atoms with E-state index < -0.39 is 0 Å². The zero-order chi connectivity index (χ0) is 14.7. The second-order valence-corrected chi connectivity index (χ2v) is 5.55. The van der Waals surface area contributed by atoms with E-state index >= 15 is 0 Å². The first-order valence-corrected chi connectivity index (χ1v) is 7.04. The van der Waals surface area contributed by atoms with Crippen LogP contribution in [0.5, 0.6) is 5.75 Å². The average Bonchev–Trinajstić information content (AvgIpc) is 2.38. The second kappa shape index (κ2) is 6.13. The fourth-order valence-corrected chi connectivity index (χ4v) is 2.11. The van der Waals surface area contributed by atoms with Crippen LogP contribution in [0.2, 0.25) is 0 Å². The summed E-state index contributed by atoms with van der Waals surface area (Å²) in [5, 5.41) is 2.98. The molecular weight excluding hydrogens is 323 g/mol. The number of benzene rings is 2. The fraction of sp³-hybridized carbons (Fsp3) is 0.200. The number of rotatable bonds is 4. The van der Waals surface area contributed by atoms with Gasteiger partial charge in [-0.15, -0.1) is 0 Å².